The normalized spacial score (nSPS) is 17.9. The highest BCUT2D eigenvalue weighted by atomic mass is 35.5. The summed E-state index contributed by atoms with van der Waals surface area (Å²) in [5.41, 5.74) is 1.89. The molecule has 1 aliphatic rings. The monoisotopic (exact) mass is 313 g/mol. The molecule has 1 aliphatic heterocycles. The summed E-state index contributed by atoms with van der Waals surface area (Å²) in [6, 6.07) is 9.01. The van der Waals surface area contributed by atoms with E-state index in [0.717, 1.165) is 16.6 Å². The maximum atomic E-state index is 11.1. The summed E-state index contributed by atoms with van der Waals surface area (Å²) < 4.78 is 15.9. The van der Waals surface area contributed by atoms with E-state index in [2.05, 4.69) is 5.32 Å². The molecular formula is C13H13ClNO4P. The number of phosphoric ester groups is 1. The quantitative estimate of drug-likeness (QED) is 0.599. The highest BCUT2D eigenvalue weighted by Gasteiger charge is 2.27. The van der Waals surface area contributed by atoms with Gasteiger partial charge in [-0.3, -0.25) is 9.79 Å². The minimum Gasteiger partial charge on any atom is -0.404 e. The number of hydrogen-bond donors (Lipinski definition) is 3. The first-order valence-corrected chi connectivity index (χ1v) is 8.16. The third-order valence-electron chi connectivity index (χ3n) is 3.40. The third-order valence-corrected chi connectivity index (χ3v) is 4.21. The molecule has 7 heteroatoms. The molecule has 0 saturated heterocycles. The molecule has 0 aliphatic carbocycles. The Labute approximate surface area is 120 Å². The van der Waals surface area contributed by atoms with Crippen molar-refractivity contribution in [3.05, 3.63) is 35.9 Å². The van der Waals surface area contributed by atoms with Crippen molar-refractivity contribution in [2.24, 2.45) is 0 Å². The number of alkyl halides is 1. The second kappa shape index (κ2) is 4.93. The van der Waals surface area contributed by atoms with E-state index in [0.29, 0.717) is 17.8 Å². The van der Waals surface area contributed by atoms with Gasteiger partial charge in [-0.1, -0.05) is 24.3 Å². The molecule has 2 aromatic rings. The predicted molar refractivity (Wildman–Crippen MR) is 78.6 cm³/mol. The summed E-state index contributed by atoms with van der Waals surface area (Å²) in [6.45, 7) is 0.711. The average molecular weight is 314 g/mol. The zero-order valence-electron chi connectivity index (χ0n) is 10.4. The molecule has 1 atom stereocenters. The molecule has 5 nitrogen and oxygen atoms in total. The second-order valence-corrected chi connectivity index (χ2v) is 6.17. The lowest BCUT2D eigenvalue weighted by atomic mass is 9.95. The average Bonchev–Trinajstić information content (AvgIpc) is 2.80. The fourth-order valence-corrected chi connectivity index (χ4v) is 3.29. The summed E-state index contributed by atoms with van der Waals surface area (Å²) in [7, 11) is -4.59. The fraction of sp³-hybridized carbons (Fsp3) is 0.231. The molecule has 0 aromatic heterocycles. The molecular weight excluding hydrogens is 301 g/mol. The van der Waals surface area contributed by atoms with Crippen LogP contribution in [0.3, 0.4) is 0 Å². The Morgan fingerprint density at radius 1 is 1.35 bits per heavy atom. The molecule has 20 heavy (non-hydrogen) atoms. The molecule has 3 rings (SSSR count). The molecule has 1 heterocycles. The fourth-order valence-electron chi connectivity index (χ4n) is 2.62. The van der Waals surface area contributed by atoms with Gasteiger partial charge >= 0.3 is 7.82 Å². The molecule has 106 valence electrons. The van der Waals surface area contributed by atoms with E-state index < -0.39 is 7.82 Å². The largest absolute Gasteiger partial charge is 0.524 e. The number of rotatable bonds is 3. The van der Waals surface area contributed by atoms with Crippen molar-refractivity contribution in [3.63, 3.8) is 0 Å². The van der Waals surface area contributed by atoms with Gasteiger partial charge in [-0.2, -0.15) is 0 Å². The molecule has 3 N–H and O–H groups in total. The van der Waals surface area contributed by atoms with Gasteiger partial charge in [0.1, 0.15) is 5.75 Å². The van der Waals surface area contributed by atoms with Crippen molar-refractivity contribution in [1.29, 1.82) is 0 Å². The predicted octanol–water partition coefficient (Wildman–Crippen LogP) is 3.06. The summed E-state index contributed by atoms with van der Waals surface area (Å²) in [5, 5.41) is 4.78. The lowest BCUT2D eigenvalue weighted by molar-refractivity contribution is 0.284. The Bertz CT molecular complexity index is 715. The number of hydrogen-bond acceptors (Lipinski definition) is 3. The smallest absolute Gasteiger partial charge is 0.404 e. The standard InChI is InChI=1S/C13H13ClNO4P/c14-6-8-7-15-11-5-12(19-20(16,17)18)9-3-1-2-4-10(9)13(8)11/h1-5,8,15H,6-7H2,(H2,16,17,18)/t8-/m1/s1. The molecule has 0 saturated carbocycles. The minimum atomic E-state index is -4.59. The number of anilines is 1. The van der Waals surface area contributed by atoms with Crippen molar-refractivity contribution in [2.75, 3.05) is 17.7 Å². The molecule has 0 unspecified atom stereocenters. The Hall–Kier alpha value is -1.26. The van der Waals surface area contributed by atoms with Crippen molar-refractivity contribution >= 4 is 35.9 Å². The summed E-state index contributed by atoms with van der Waals surface area (Å²) in [5.74, 6) is 0.846. The zero-order chi connectivity index (χ0) is 14.3. The Morgan fingerprint density at radius 2 is 2.05 bits per heavy atom. The van der Waals surface area contributed by atoms with E-state index >= 15 is 0 Å². The van der Waals surface area contributed by atoms with Gasteiger partial charge in [0.25, 0.3) is 0 Å². The highest BCUT2D eigenvalue weighted by Crippen LogP contribution is 2.46. The first kappa shape index (κ1) is 13.7. The van der Waals surface area contributed by atoms with Crippen molar-refractivity contribution < 1.29 is 18.9 Å². The van der Waals surface area contributed by atoms with Gasteiger partial charge in [-0.15, -0.1) is 11.6 Å². The topological polar surface area (TPSA) is 78.8 Å². The van der Waals surface area contributed by atoms with Crippen LogP contribution in [0, 0.1) is 0 Å². The molecule has 0 spiro atoms. The number of benzene rings is 2. The van der Waals surface area contributed by atoms with Crippen LogP contribution in [0.4, 0.5) is 5.69 Å². The molecule has 0 bridgehead atoms. The Balaban J connectivity index is 2.25. The Kier molecular flexibility index (Phi) is 3.38. The van der Waals surface area contributed by atoms with Gasteiger partial charge < -0.3 is 9.84 Å². The molecule has 0 amide bonds. The number of fused-ring (bicyclic) bond motifs is 3. The summed E-state index contributed by atoms with van der Waals surface area (Å²) >= 11 is 5.99. The first-order valence-electron chi connectivity index (χ1n) is 6.10. The van der Waals surface area contributed by atoms with Gasteiger partial charge in [0, 0.05) is 35.5 Å². The van der Waals surface area contributed by atoms with Gasteiger partial charge in [0.2, 0.25) is 0 Å². The SMILES string of the molecule is O=P(O)(O)Oc1cc2c(c3ccccc13)[C@H](CCl)CN2. The van der Waals surface area contributed by atoms with Crippen molar-refractivity contribution in [3.8, 4) is 5.75 Å². The van der Waals surface area contributed by atoms with Gasteiger partial charge in [-0.25, -0.2) is 4.57 Å². The van der Waals surface area contributed by atoms with Crippen LogP contribution in [0.1, 0.15) is 11.5 Å². The molecule has 0 fully saturated rings. The van der Waals surface area contributed by atoms with Crippen LogP contribution in [0.25, 0.3) is 10.8 Å². The molecule has 2 aromatic carbocycles. The van der Waals surface area contributed by atoms with Gasteiger partial charge in [0.05, 0.1) is 0 Å². The van der Waals surface area contributed by atoms with Crippen LogP contribution >= 0.6 is 19.4 Å². The van der Waals surface area contributed by atoms with Crippen molar-refractivity contribution in [2.45, 2.75) is 5.92 Å². The summed E-state index contributed by atoms with van der Waals surface area (Å²) in [6.07, 6.45) is 0. The summed E-state index contributed by atoms with van der Waals surface area (Å²) in [4.78, 5) is 18.0. The van der Waals surface area contributed by atoms with Crippen LogP contribution in [0.2, 0.25) is 0 Å². The number of phosphoric acid groups is 1. The van der Waals surface area contributed by atoms with E-state index in [1.807, 2.05) is 12.1 Å². The lowest BCUT2D eigenvalue weighted by Gasteiger charge is -2.14. The first-order chi connectivity index (χ1) is 9.49. The van der Waals surface area contributed by atoms with Gasteiger partial charge in [-0.05, 0) is 10.9 Å². The number of nitrogens with one attached hydrogen (secondary N) is 1. The van der Waals surface area contributed by atoms with E-state index in [1.54, 1.807) is 18.2 Å². The maximum absolute atomic E-state index is 11.1. The van der Waals surface area contributed by atoms with E-state index in [1.165, 1.54) is 0 Å². The Morgan fingerprint density at radius 3 is 2.70 bits per heavy atom. The molecule has 0 radical (unpaired) electrons. The van der Waals surface area contributed by atoms with Crippen LogP contribution in [-0.4, -0.2) is 22.2 Å². The van der Waals surface area contributed by atoms with E-state index in [-0.39, 0.29) is 11.7 Å². The number of halogens is 1. The van der Waals surface area contributed by atoms with Crippen LogP contribution in [0.15, 0.2) is 30.3 Å². The minimum absolute atomic E-state index is 0.176. The second-order valence-electron chi connectivity index (χ2n) is 4.70. The van der Waals surface area contributed by atoms with E-state index in [4.69, 9.17) is 25.9 Å². The van der Waals surface area contributed by atoms with Gasteiger partial charge in [0.15, 0.2) is 0 Å². The third kappa shape index (κ3) is 2.38. The van der Waals surface area contributed by atoms with E-state index in [9.17, 15) is 4.57 Å². The maximum Gasteiger partial charge on any atom is 0.524 e. The highest BCUT2D eigenvalue weighted by molar-refractivity contribution is 7.46. The van der Waals surface area contributed by atoms with Crippen molar-refractivity contribution in [1.82, 2.24) is 0 Å². The van der Waals surface area contributed by atoms with Crippen LogP contribution in [-0.2, 0) is 4.57 Å². The van der Waals surface area contributed by atoms with Crippen LogP contribution < -0.4 is 9.84 Å². The van der Waals surface area contributed by atoms with Crippen LogP contribution in [0.5, 0.6) is 5.75 Å². The lowest BCUT2D eigenvalue weighted by Crippen LogP contribution is -2.02. The zero-order valence-corrected chi connectivity index (χ0v) is 12.1.